The molecule has 5 nitrogen and oxygen atoms in total. The first-order valence-corrected chi connectivity index (χ1v) is 6.21. The number of hydrogen-bond donors (Lipinski definition) is 1. The lowest BCUT2D eigenvalue weighted by molar-refractivity contribution is 0.499. The minimum absolute atomic E-state index is 0.216. The standard InChI is InChI=1S/C11H20ClN5/c1-6-13-10-14-9(12)15-11(16-10)17(5)8(4)7(2)3/h7-8H,6H2,1-5H3,(H,13,14,15,16). The molecule has 0 saturated heterocycles. The third-order valence-corrected chi connectivity index (χ3v) is 2.99. The quantitative estimate of drug-likeness (QED) is 0.878. The van der Waals surface area contributed by atoms with Crippen molar-refractivity contribution in [3.8, 4) is 0 Å². The Balaban J connectivity index is 2.96. The fourth-order valence-corrected chi connectivity index (χ4v) is 1.52. The normalized spacial score (nSPS) is 12.6. The Morgan fingerprint density at radius 3 is 2.41 bits per heavy atom. The van der Waals surface area contributed by atoms with E-state index in [0.29, 0.717) is 23.9 Å². The van der Waals surface area contributed by atoms with Crippen LogP contribution in [0.1, 0.15) is 27.7 Å². The SMILES string of the molecule is CCNc1nc(Cl)nc(N(C)C(C)C(C)C)n1. The van der Waals surface area contributed by atoms with E-state index in [1.54, 1.807) is 0 Å². The first kappa shape index (κ1) is 14.0. The van der Waals surface area contributed by atoms with Crippen LogP contribution in [0.5, 0.6) is 0 Å². The Kier molecular flexibility index (Phi) is 4.93. The first-order chi connectivity index (χ1) is 7.95. The zero-order valence-electron chi connectivity index (χ0n) is 11.0. The molecule has 0 radical (unpaired) electrons. The van der Waals surface area contributed by atoms with Gasteiger partial charge in [0.1, 0.15) is 0 Å². The Labute approximate surface area is 108 Å². The van der Waals surface area contributed by atoms with Crippen LogP contribution in [0.2, 0.25) is 5.28 Å². The summed E-state index contributed by atoms with van der Waals surface area (Å²) in [6, 6.07) is 0.336. The number of halogens is 1. The minimum Gasteiger partial charge on any atom is -0.354 e. The molecule has 0 amide bonds. The van der Waals surface area contributed by atoms with E-state index in [1.807, 2.05) is 18.9 Å². The summed E-state index contributed by atoms with van der Waals surface area (Å²) in [5, 5.41) is 3.25. The molecule has 0 bridgehead atoms. The maximum Gasteiger partial charge on any atom is 0.231 e. The summed E-state index contributed by atoms with van der Waals surface area (Å²) >= 11 is 5.89. The number of anilines is 2. The third-order valence-electron chi connectivity index (χ3n) is 2.82. The van der Waals surface area contributed by atoms with Crippen molar-refractivity contribution in [2.24, 2.45) is 5.92 Å². The molecule has 0 spiro atoms. The van der Waals surface area contributed by atoms with Crippen molar-refractivity contribution in [2.45, 2.75) is 33.7 Å². The first-order valence-electron chi connectivity index (χ1n) is 5.84. The summed E-state index contributed by atoms with van der Waals surface area (Å²) in [5.41, 5.74) is 0. The molecule has 1 heterocycles. The van der Waals surface area contributed by atoms with Crippen molar-refractivity contribution in [3.63, 3.8) is 0 Å². The predicted octanol–water partition coefficient (Wildman–Crippen LogP) is 2.44. The zero-order chi connectivity index (χ0) is 13.0. The van der Waals surface area contributed by atoms with Gasteiger partial charge >= 0.3 is 0 Å². The van der Waals surface area contributed by atoms with Crippen molar-refractivity contribution in [1.29, 1.82) is 0 Å². The molecule has 1 aromatic heterocycles. The monoisotopic (exact) mass is 257 g/mol. The van der Waals surface area contributed by atoms with E-state index in [1.165, 1.54) is 0 Å². The van der Waals surface area contributed by atoms with Crippen molar-refractivity contribution in [1.82, 2.24) is 15.0 Å². The van der Waals surface area contributed by atoms with Gasteiger partial charge < -0.3 is 10.2 Å². The number of hydrogen-bond acceptors (Lipinski definition) is 5. The second-order valence-corrected chi connectivity index (χ2v) is 4.69. The second kappa shape index (κ2) is 6.00. The molecule has 96 valence electrons. The molecule has 1 aromatic rings. The van der Waals surface area contributed by atoms with Gasteiger partial charge in [-0.05, 0) is 31.4 Å². The van der Waals surface area contributed by atoms with E-state index in [4.69, 9.17) is 11.6 Å². The van der Waals surface area contributed by atoms with Gasteiger partial charge in [-0.15, -0.1) is 0 Å². The highest BCUT2D eigenvalue weighted by Crippen LogP contribution is 2.17. The molecule has 0 aliphatic carbocycles. The van der Waals surface area contributed by atoms with E-state index in [-0.39, 0.29) is 5.28 Å². The van der Waals surface area contributed by atoms with Crippen molar-refractivity contribution >= 4 is 23.5 Å². The van der Waals surface area contributed by atoms with Gasteiger partial charge in [-0.3, -0.25) is 0 Å². The van der Waals surface area contributed by atoms with Crippen LogP contribution in [0.25, 0.3) is 0 Å². The van der Waals surface area contributed by atoms with Crippen LogP contribution >= 0.6 is 11.6 Å². The Morgan fingerprint density at radius 2 is 1.88 bits per heavy atom. The molecule has 1 N–H and O–H groups in total. The van der Waals surface area contributed by atoms with Crippen LogP contribution in [0.3, 0.4) is 0 Å². The average Bonchev–Trinajstić information content (AvgIpc) is 2.26. The Bertz CT molecular complexity index is 369. The molecule has 0 aliphatic heterocycles. The molecule has 1 unspecified atom stereocenters. The van der Waals surface area contributed by atoms with Crippen LogP contribution in [0, 0.1) is 5.92 Å². The molecule has 0 saturated carbocycles. The molecule has 1 rings (SSSR count). The molecule has 0 fully saturated rings. The summed E-state index contributed by atoms with van der Waals surface area (Å²) in [6.07, 6.45) is 0. The maximum absolute atomic E-state index is 5.89. The fourth-order valence-electron chi connectivity index (χ4n) is 1.36. The fraction of sp³-hybridized carbons (Fsp3) is 0.727. The summed E-state index contributed by atoms with van der Waals surface area (Å²) < 4.78 is 0. The van der Waals surface area contributed by atoms with Crippen molar-refractivity contribution < 1.29 is 0 Å². The van der Waals surface area contributed by atoms with Gasteiger partial charge in [0.15, 0.2) is 0 Å². The highest BCUT2D eigenvalue weighted by atomic mass is 35.5. The lowest BCUT2D eigenvalue weighted by atomic mass is 10.1. The highest BCUT2D eigenvalue weighted by molar-refractivity contribution is 6.28. The maximum atomic E-state index is 5.89. The van der Waals surface area contributed by atoms with Crippen LogP contribution in [-0.2, 0) is 0 Å². The number of aromatic nitrogens is 3. The minimum atomic E-state index is 0.216. The van der Waals surface area contributed by atoms with Crippen LogP contribution < -0.4 is 10.2 Å². The lowest BCUT2D eigenvalue weighted by Crippen LogP contribution is -2.34. The second-order valence-electron chi connectivity index (χ2n) is 4.35. The van der Waals surface area contributed by atoms with E-state index < -0.39 is 0 Å². The summed E-state index contributed by atoms with van der Waals surface area (Å²) in [7, 11) is 1.96. The Hall–Kier alpha value is -1.10. The Morgan fingerprint density at radius 1 is 1.24 bits per heavy atom. The van der Waals surface area contributed by atoms with E-state index in [0.717, 1.165) is 6.54 Å². The van der Waals surface area contributed by atoms with Crippen LogP contribution in [0.15, 0.2) is 0 Å². The van der Waals surface area contributed by atoms with Gasteiger partial charge in [-0.2, -0.15) is 15.0 Å². The molecule has 0 aromatic carbocycles. The number of nitrogens with zero attached hydrogens (tertiary/aromatic N) is 4. The summed E-state index contributed by atoms with van der Waals surface area (Å²) in [4.78, 5) is 14.5. The summed E-state index contributed by atoms with van der Waals surface area (Å²) in [5.74, 6) is 1.63. The molecule has 0 aliphatic rings. The van der Waals surface area contributed by atoms with Gasteiger partial charge in [0.05, 0.1) is 0 Å². The molecule has 17 heavy (non-hydrogen) atoms. The predicted molar refractivity (Wildman–Crippen MR) is 71.7 cm³/mol. The van der Waals surface area contributed by atoms with Gasteiger partial charge in [-0.1, -0.05) is 13.8 Å². The van der Waals surface area contributed by atoms with Gasteiger partial charge in [0, 0.05) is 19.6 Å². The smallest absolute Gasteiger partial charge is 0.231 e. The highest BCUT2D eigenvalue weighted by Gasteiger charge is 2.17. The van der Waals surface area contributed by atoms with Crippen molar-refractivity contribution in [2.75, 3.05) is 23.8 Å². The molecular weight excluding hydrogens is 238 g/mol. The van der Waals surface area contributed by atoms with E-state index >= 15 is 0 Å². The molecule has 1 atom stereocenters. The zero-order valence-corrected chi connectivity index (χ0v) is 11.8. The number of nitrogens with one attached hydrogen (secondary N) is 1. The van der Waals surface area contributed by atoms with Crippen molar-refractivity contribution in [3.05, 3.63) is 5.28 Å². The number of rotatable bonds is 5. The largest absolute Gasteiger partial charge is 0.354 e. The van der Waals surface area contributed by atoms with Gasteiger partial charge in [0.2, 0.25) is 17.2 Å². The lowest BCUT2D eigenvalue weighted by Gasteiger charge is -2.28. The van der Waals surface area contributed by atoms with Gasteiger partial charge in [0.25, 0.3) is 0 Å². The summed E-state index contributed by atoms with van der Waals surface area (Å²) in [6.45, 7) is 9.20. The van der Waals surface area contributed by atoms with Crippen LogP contribution in [-0.4, -0.2) is 34.6 Å². The van der Waals surface area contributed by atoms with E-state index in [9.17, 15) is 0 Å². The van der Waals surface area contributed by atoms with Gasteiger partial charge in [-0.25, -0.2) is 0 Å². The molecule has 6 heteroatoms. The third kappa shape index (κ3) is 3.70. The van der Waals surface area contributed by atoms with Crippen LogP contribution in [0.4, 0.5) is 11.9 Å². The van der Waals surface area contributed by atoms with E-state index in [2.05, 4.69) is 41.0 Å². The topological polar surface area (TPSA) is 53.9 Å². The average molecular weight is 258 g/mol. The molecular formula is C11H20ClN5.